The molecule has 2 bridgehead atoms. The Balaban J connectivity index is 1.40. The number of hydrogen-bond acceptors (Lipinski definition) is 2. The van der Waals surface area contributed by atoms with E-state index in [1.165, 1.54) is 0 Å². The molecule has 1 heterocycles. The van der Waals surface area contributed by atoms with Crippen molar-refractivity contribution < 1.29 is 14.7 Å². The van der Waals surface area contributed by atoms with Gasteiger partial charge in [0, 0.05) is 35.5 Å². The number of hydrogen-bond donors (Lipinski definition) is 3. The van der Waals surface area contributed by atoms with E-state index in [1.807, 2.05) is 79.0 Å². The molecular formula is C27H22N2O3. The summed E-state index contributed by atoms with van der Waals surface area (Å²) in [4.78, 5) is 29.3. The Labute approximate surface area is 185 Å². The van der Waals surface area contributed by atoms with Gasteiger partial charge < -0.3 is 15.4 Å². The first-order chi connectivity index (χ1) is 15.6. The summed E-state index contributed by atoms with van der Waals surface area (Å²) >= 11 is 0. The first-order valence-electron chi connectivity index (χ1n) is 10.9. The number of amides is 1. The maximum absolute atomic E-state index is 13.6. The van der Waals surface area contributed by atoms with Crippen molar-refractivity contribution in [1.82, 2.24) is 10.3 Å². The monoisotopic (exact) mass is 422 g/mol. The van der Waals surface area contributed by atoms with E-state index >= 15 is 0 Å². The van der Waals surface area contributed by atoms with Crippen molar-refractivity contribution in [3.63, 3.8) is 0 Å². The number of fused-ring (bicyclic) bond motifs is 2. The highest BCUT2D eigenvalue weighted by Crippen LogP contribution is 2.58. The first kappa shape index (κ1) is 18.9. The number of carbonyl (C=O) groups is 2. The minimum Gasteiger partial charge on any atom is -0.481 e. The van der Waals surface area contributed by atoms with Gasteiger partial charge in [-0.3, -0.25) is 9.59 Å². The molecule has 0 radical (unpaired) electrons. The predicted molar refractivity (Wildman–Crippen MR) is 121 cm³/mol. The molecular weight excluding hydrogens is 400 g/mol. The maximum atomic E-state index is 13.6. The minimum absolute atomic E-state index is 0.207. The molecule has 0 saturated carbocycles. The van der Waals surface area contributed by atoms with Gasteiger partial charge in [0.25, 0.3) is 0 Å². The topological polar surface area (TPSA) is 82.2 Å². The zero-order valence-electron chi connectivity index (χ0n) is 17.3. The highest BCUT2D eigenvalue weighted by Gasteiger charge is 2.55. The van der Waals surface area contributed by atoms with Gasteiger partial charge in [-0.1, -0.05) is 66.7 Å². The highest BCUT2D eigenvalue weighted by molar-refractivity contribution is 5.90. The Morgan fingerprint density at radius 1 is 0.781 bits per heavy atom. The predicted octanol–water partition coefficient (Wildman–Crippen LogP) is 4.39. The number of rotatable bonds is 4. The van der Waals surface area contributed by atoms with Gasteiger partial charge in [0.15, 0.2) is 0 Å². The summed E-state index contributed by atoms with van der Waals surface area (Å²) in [6, 6.07) is 23.9. The van der Waals surface area contributed by atoms with Gasteiger partial charge in [0.2, 0.25) is 5.91 Å². The zero-order chi connectivity index (χ0) is 21.8. The maximum Gasteiger partial charge on any atom is 0.308 e. The third-order valence-corrected chi connectivity index (χ3v) is 7.15. The molecule has 1 aromatic heterocycles. The van der Waals surface area contributed by atoms with Crippen molar-refractivity contribution in [3.8, 4) is 0 Å². The van der Waals surface area contributed by atoms with Crippen LogP contribution in [0.2, 0.25) is 0 Å². The number of benzene rings is 3. The lowest BCUT2D eigenvalue weighted by atomic mass is 9.54. The van der Waals surface area contributed by atoms with Crippen LogP contribution in [0.3, 0.4) is 0 Å². The average molecular weight is 422 g/mol. The number of carbonyl (C=O) groups excluding carboxylic acids is 1. The SMILES string of the molecule is O=C(O)[C@@H]1C2c3ccccc3C(c3ccccc32)[C@@H]1C(=O)NCc1c[nH]c2ccccc12. The standard InChI is InChI=1S/C27H22N2O3/c30-26(29-14-15-13-28-21-12-6-5-7-16(15)21)24-22-17-8-1-3-10-19(17)23(25(24)27(31)32)20-11-4-2-9-18(20)22/h1-13,22-25,28H,14H2,(H,29,30)(H,31,32)/t22?,23?,24-,25+/m0/s1. The number of aliphatic carboxylic acids is 1. The number of aromatic amines is 1. The second-order valence-electron chi connectivity index (χ2n) is 8.68. The Morgan fingerprint density at radius 3 is 1.91 bits per heavy atom. The fourth-order valence-corrected chi connectivity index (χ4v) is 5.87. The third kappa shape index (κ3) is 2.64. The number of nitrogens with one attached hydrogen (secondary N) is 2. The highest BCUT2D eigenvalue weighted by atomic mass is 16.4. The fourth-order valence-electron chi connectivity index (χ4n) is 5.87. The van der Waals surface area contributed by atoms with Crippen LogP contribution >= 0.6 is 0 Å². The second-order valence-corrected chi connectivity index (χ2v) is 8.68. The quantitative estimate of drug-likeness (QED) is 0.456. The second kappa shape index (κ2) is 7.09. The molecule has 5 heteroatoms. The molecule has 1 amide bonds. The fraction of sp³-hybridized carbons (Fsp3) is 0.185. The average Bonchev–Trinajstić information content (AvgIpc) is 3.25. The van der Waals surface area contributed by atoms with Crippen LogP contribution in [0.15, 0.2) is 79.0 Å². The molecule has 3 aliphatic rings. The number of H-pyrrole nitrogens is 1. The molecule has 0 saturated heterocycles. The molecule has 2 atom stereocenters. The molecule has 158 valence electrons. The van der Waals surface area contributed by atoms with E-state index < -0.39 is 17.8 Å². The summed E-state index contributed by atoms with van der Waals surface area (Å²) in [7, 11) is 0. The summed E-state index contributed by atoms with van der Waals surface area (Å²) in [5.41, 5.74) is 6.21. The van der Waals surface area contributed by atoms with Crippen LogP contribution in [0.5, 0.6) is 0 Å². The van der Waals surface area contributed by atoms with Crippen LogP contribution in [-0.4, -0.2) is 22.0 Å². The van der Waals surface area contributed by atoms with E-state index in [0.29, 0.717) is 6.54 Å². The van der Waals surface area contributed by atoms with Gasteiger partial charge in [-0.15, -0.1) is 0 Å². The van der Waals surface area contributed by atoms with Crippen LogP contribution in [0.25, 0.3) is 10.9 Å². The molecule has 32 heavy (non-hydrogen) atoms. The lowest BCUT2D eigenvalue weighted by Gasteiger charge is -2.48. The van der Waals surface area contributed by atoms with E-state index in [9.17, 15) is 14.7 Å². The van der Waals surface area contributed by atoms with Gasteiger partial charge in [-0.25, -0.2) is 0 Å². The first-order valence-corrected chi connectivity index (χ1v) is 10.9. The number of para-hydroxylation sites is 1. The van der Waals surface area contributed by atoms with E-state index in [-0.39, 0.29) is 17.7 Å². The normalized spacial score (nSPS) is 22.9. The van der Waals surface area contributed by atoms with E-state index in [4.69, 9.17) is 0 Å². The molecule has 7 rings (SSSR count). The van der Waals surface area contributed by atoms with Crippen LogP contribution in [0, 0.1) is 11.8 Å². The number of aromatic nitrogens is 1. The van der Waals surface area contributed by atoms with Crippen LogP contribution < -0.4 is 5.32 Å². The minimum atomic E-state index is -0.920. The van der Waals surface area contributed by atoms with Gasteiger partial charge in [0.1, 0.15) is 0 Å². The molecule has 0 spiro atoms. The molecule has 0 fully saturated rings. The van der Waals surface area contributed by atoms with Gasteiger partial charge in [-0.05, 0) is 33.9 Å². The summed E-state index contributed by atoms with van der Waals surface area (Å²) in [5.74, 6) is -3.18. The van der Waals surface area contributed by atoms with Crippen LogP contribution in [-0.2, 0) is 16.1 Å². The van der Waals surface area contributed by atoms with Crippen LogP contribution in [0.4, 0.5) is 0 Å². The van der Waals surface area contributed by atoms with Crippen molar-refractivity contribution in [1.29, 1.82) is 0 Å². The smallest absolute Gasteiger partial charge is 0.308 e. The molecule has 0 aliphatic heterocycles. The zero-order valence-corrected chi connectivity index (χ0v) is 17.3. The van der Waals surface area contributed by atoms with Crippen molar-refractivity contribution in [3.05, 3.63) is 107 Å². The van der Waals surface area contributed by atoms with Crippen molar-refractivity contribution in [2.75, 3.05) is 0 Å². The molecule has 3 aliphatic carbocycles. The lowest BCUT2D eigenvalue weighted by molar-refractivity contribution is -0.149. The molecule has 4 aromatic rings. The third-order valence-electron chi connectivity index (χ3n) is 7.15. The Morgan fingerprint density at radius 2 is 1.31 bits per heavy atom. The summed E-state index contributed by atoms with van der Waals surface area (Å²) in [6.07, 6.45) is 1.90. The Hall–Kier alpha value is -3.86. The lowest BCUT2D eigenvalue weighted by Crippen LogP contribution is -2.50. The molecule has 3 aromatic carbocycles. The summed E-state index contributed by atoms with van der Waals surface area (Å²) in [5, 5.41) is 14.4. The Kier molecular flexibility index (Phi) is 4.18. The van der Waals surface area contributed by atoms with Gasteiger partial charge >= 0.3 is 5.97 Å². The van der Waals surface area contributed by atoms with Crippen molar-refractivity contribution in [2.45, 2.75) is 18.4 Å². The van der Waals surface area contributed by atoms with E-state index in [2.05, 4.69) is 10.3 Å². The van der Waals surface area contributed by atoms with Gasteiger partial charge in [0.05, 0.1) is 11.8 Å². The molecule has 3 N–H and O–H groups in total. The van der Waals surface area contributed by atoms with Gasteiger partial charge in [-0.2, -0.15) is 0 Å². The van der Waals surface area contributed by atoms with E-state index in [0.717, 1.165) is 38.7 Å². The molecule has 5 nitrogen and oxygen atoms in total. The number of carboxylic acid groups (broad SMARTS) is 1. The van der Waals surface area contributed by atoms with Crippen molar-refractivity contribution in [2.24, 2.45) is 11.8 Å². The van der Waals surface area contributed by atoms with E-state index in [1.54, 1.807) is 0 Å². The number of carboxylic acids is 1. The summed E-state index contributed by atoms with van der Waals surface area (Å²) < 4.78 is 0. The summed E-state index contributed by atoms with van der Waals surface area (Å²) in [6.45, 7) is 0.354. The molecule has 0 unspecified atom stereocenters. The Bertz CT molecular complexity index is 1320. The largest absolute Gasteiger partial charge is 0.481 e. The van der Waals surface area contributed by atoms with Crippen molar-refractivity contribution >= 4 is 22.8 Å². The van der Waals surface area contributed by atoms with Crippen LogP contribution in [0.1, 0.15) is 39.7 Å².